The van der Waals surface area contributed by atoms with Gasteiger partial charge in [0.2, 0.25) is 5.89 Å². The number of rotatable bonds is 6. The number of carbonyl (C=O) groups excluding carboxylic acids is 1. The van der Waals surface area contributed by atoms with Gasteiger partial charge in [-0.15, -0.1) is 5.10 Å². The molecule has 4 aromatic rings. The van der Waals surface area contributed by atoms with Crippen LogP contribution in [-0.4, -0.2) is 24.5 Å². The van der Waals surface area contributed by atoms with Crippen LogP contribution in [0.4, 0.5) is 11.7 Å². The lowest BCUT2D eigenvalue weighted by Gasteiger charge is -2.09. The highest BCUT2D eigenvalue weighted by Gasteiger charge is 2.16. The second-order valence-electron chi connectivity index (χ2n) is 6.51. The number of nitrogens with one attached hydrogen (secondary N) is 2. The van der Waals surface area contributed by atoms with Gasteiger partial charge in [-0.25, -0.2) is 8.42 Å². The Morgan fingerprint density at radius 1 is 0.969 bits per heavy atom. The quantitative estimate of drug-likeness (QED) is 0.352. The number of anilines is 2. The second-order valence-corrected chi connectivity index (χ2v) is 9.55. The monoisotopic (exact) mass is 532 g/mol. The van der Waals surface area contributed by atoms with E-state index >= 15 is 0 Å². The van der Waals surface area contributed by atoms with Crippen LogP contribution in [0.3, 0.4) is 0 Å². The van der Waals surface area contributed by atoms with Crippen molar-refractivity contribution < 1.29 is 17.6 Å². The van der Waals surface area contributed by atoms with Crippen molar-refractivity contribution in [3.8, 4) is 11.5 Å². The topological polar surface area (TPSA) is 114 Å². The molecule has 3 aromatic carbocycles. The predicted octanol–water partition coefficient (Wildman–Crippen LogP) is 5.21. The minimum absolute atomic E-state index is 0.0445. The van der Waals surface area contributed by atoms with E-state index in [1.165, 1.54) is 42.5 Å². The molecule has 1 amide bonds. The van der Waals surface area contributed by atoms with Gasteiger partial charge in [-0.05, 0) is 66.7 Å². The van der Waals surface area contributed by atoms with Crippen LogP contribution >= 0.6 is 27.5 Å². The lowest BCUT2D eigenvalue weighted by atomic mass is 10.2. The lowest BCUT2D eigenvalue weighted by molar-refractivity contribution is 0.102. The first-order valence-electron chi connectivity index (χ1n) is 9.09. The first kappa shape index (κ1) is 22.0. The first-order valence-corrected chi connectivity index (χ1v) is 11.7. The van der Waals surface area contributed by atoms with Gasteiger partial charge < -0.3 is 4.42 Å². The smallest absolute Gasteiger partial charge is 0.322 e. The van der Waals surface area contributed by atoms with Gasteiger partial charge in [-0.3, -0.25) is 14.8 Å². The van der Waals surface area contributed by atoms with Crippen molar-refractivity contribution in [1.29, 1.82) is 0 Å². The van der Waals surface area contributed by atoms with Crippen molar-refractivity contribution in [2.45, 2.75) is 4.90 Å². The summed E-state index contributed by atoms with van der Waals surface area (Å²) in [4.78, 5) is 12.6. The van der Waals surface area contributed by atoms with E-state index in [0.29, 0.717) is 10.6 Å². The van der Waals surface area contributed by atoms with E-state index in [4.69, 9.17) is 16.0 Å². The molecule has 0 radical (unpaired) electrons. The summed E-state index contributed by atoms with van der Waals surface area (Å²) in [6.45, 7) is 0. The van der Waals surface area contributed by atoms with Crippen LogP contribution < -0.4 is 10.0 Å². The van der Waals surface area contributed by atoms with Crippen molar-refractivity contribution >= 4 is 55.2 Å². The Hall–Kier alpha value is -3.21. The van der Waals surface area contributed by atoms with E-state index < -0.39 is 15.9 Å². The zero-order valence-corrected chi connectivity index (χ0v) is 19.3. The number of hydrogen-bond donors (Lipinski definition) is 2. The van der Waals surface area contributed by atoms with Gasteiger partial charge in [-0.2, -0.15) is 0 Å². The Balaban J connectivity index is 1.48. The lowest BCUT2D eigenvalue weighted by Crippen LogP contribution is -2.15. The van der Waals surface area contributed by atoms with Crippen molar-refractivity contribution in [2.24, 2.45) is 0 Å². The third-order valence-corrected chi connectivity index (χ3v) is 6.42. The molecule has 0 aliphatic heterocycles. The highest BCUT2D eigenvalue weighted by molar-refractivity contribution is 9.10. The third kappa shape index (κ3) is 5.16. The average molecular weight is 534 g/mol. The minimum atomic E-state index is -3.85. The highest BCUT2D eigenvalue weighted by Crippen LogP contribution is 2.23. The zero-order chi connectivity index (χ0) is 22.7. The molecular weight excluding hydrogens is 520 g/mol. The third-order valence-electron chi connectivity index (χ3n) is 4.24. The number of hydrogen-bond acceptors (Lipinski definition) is 6. The summed E-state index contributed by atoms with van der Waals surface area (Å²) in [6, 6.07) is 18.9. The van der Waals surface area contributed by atoms with E-state index in [-0.39, 0.29) is 28.1 Å². The van der Waals surface area contributed by atoms with Crippen LogP contribution in [0, 0.1) is 0 Å². The molecule has 8 nitrogen and oxygen atoms in total. The van der Waals surface area contributed by atoms with Gasteiger partial charge in [0.1, 0.15) is 0 Å². The van der Waals surface area contributed by atoms with E-state index in [1.807, 2.05) is 12.1 Å². The van der Waals surface area contributed by atoms with Crippen LogP contribution in [0.25, 0.3) is 11.5 Å². The van der Waals surface area contributed by atoms with Crippen LogP contribution in [0.5, 0.6) is 0 Å². The Morgan fingerprint density at radius 2 is 1.69 bits per heavy atom. The zero-order valence-electron chi connectivity index (χ0n) is 16.1. The largest absolute Gasteiger partial charge is 0.403 e. The number of amides is 1. The fourth-order valence-corrected chi connectivity index (χ4v) is 4.14. The van der Waals surface area contributed by atoms with Gasteiger partial charge >= 0.3 is 6.01 Å². The number of carbonyl (C=O) groups is 1. The molecule has 0 atom stereocenters. The number of aromatic nitrogens is 2. The van der Waals surface area contributed by atoms with Gasteiger partial charge in [0.25, 0.3) is 15.9 Å². The summed E-state index contributed by atoms with van der Waals surface area (Å²) < 4.78 is 33.9. The van der Waals surface area contributed by atoms with E-state index in [2.05, 4.69) is 36.2 Å². The summed E-state index contributed by atoms with van der Waals surface area (Å²) in [5.74, 6) is -0.291. The normalized spacial score (nSPS) is 11.2. The first-order chi connectivity index (χ1) is 15.3. The summed E-state index contributed by atoms with van der Waals surface area (Å²) in [6.07, 6.45) is 0. The number of nitrogens with zero attached hydrogens (tertiary/aromatic N) is 2. The SMILES string of the molecule is O=C(Nc1nnc(-c2ccc(Br)cc2)o1)c1cccc(NS(=O)(=O)c2ccc(Cl)cc2)c1. The van der Waals surface area contributed by atoms with Crippen molar-refractivity contribution in [3.05, 3.63) is 87.9 Å². The molecule has 1 aromatic heterocycles. The van der Waals surface area contributed by atoms with Crippen LogP contribution in [-0.2, 0) is 10.0 Å². The van der Waals surface area contributed by atoms with Crippen LogP contribution in [0.15, 0.2) is 86.6 Å². The molecule has 4 rings (SSSR count). The molecule has 1 heterocycles. The van der Waals surface area contributed by atoms with E-state index in [9.17, 15) is 13.2 Å². The molecular formula is C21H14BrClN4O4S. The van der Waals surface area contributed by atoms with Crippen molar-refractivity contribution in [2.75, 3.05) is 10.0 Å². The van der Waals surface area contributed by atoms with Gasteiger partial charge in [-0.1, -0.05) is 38.7 Å². The molecule has 162 valence electrons. The maximum Gasteiger partial charge on any atom is 0.322 e. The molecule has 0 saturated carbocycles. The molecule has 0 saturated heterocycles. The molecule has 0 spiro atoms. The van der Waals surface area contributed by atoms with E-state index in [1.54, 1.807) is 18.2 Å². The maximum atomic E-state index is 12.6. The predicted molar refractivity (Wildman–Crippen MR) is 124 cm³/mol. The summed E-state index contributed by atoms with van der Waals surface area (Å²) >= 11 is 9.16. The van der Waals surface area contributed by atoms with Crippen LogP contribution in [0.2, 0.25) is 5.02 Å². The second kappa shape index (κ2) is 9.11. The van der Waals surface area contributed by atoms with Gasteiger partial charge in [0, 0.05) is 26.3 Å². The molecule has 0 aliphatic rings. The highest BCUT2D eigenvalue weighted by atomic mass is 79.9. The Kier molecular flexibility index (Phi) is 6.26. The molecule has 0 unspecified atom stereocenters. The Morgan fingerprint density at radius 3 is 2.41 bits per heavy atom. The fraction of sp³-hybridized carbons (Fsp3) is 0. The van der Waals surface area contributed by atoms with Gasteiger partial charge in [0.15, 0.2) is 0 Å². The summed E-state index contributed by atoms with van der Waals surface area (Å²) in [5, 5.41) is 10.7. The Labute approximate surface area is 196 Å². The Bertz CT molecular complexity index is 1370. The number of benzene rings is 3. The standard InChI is InChI=1S/C21H14BrClN4O4S/c22-15-6-4-13(5-7-15)20-25-26-21(31-20)24-19(28)14-2-1-3-17(12-14)27-32(29,30)18-10-8-16(23)9-11-18/h1-12,27H,(H,24,26,28). The summed E-state index contributed by atoms with van der Waals surface area (Å²) in [7, 11) is -3.85. The molecule has 11 heteroatoms. The van der Waals surface area contributed by atoms with Crippen molar-refractivity contribution in [3.63, 3.8) is 0 Å². The van der Waals surface area contributed by atoms with E-state index in [0.717, 1.165) is 4.47 Å². The molecule has 0 fully saturated rings. The summed E-state index contributed by atoms with van der Waals surface area (Å²) in [5.41, 5.74) is 1.11. The number of halogens is 2. The van der Waals surface area contributed by atoms with Gasteiger partial charge in [0.05, 0.1) is 4.90 Å². The van der Waals surface area contributed by atoms with Crippen molar-refractivity contribution in [1.82, 2.24) is 10.2 Å². The molecule has 0 bridgehead atoms. The fourth-order valence-electron chi connectivity index (χ4n) is 2.70. The van der Waals surface area contributed by atoms with Crippen LogP contribution in [0.1, 0.15) is 10.4 Å². The molecule has 32 heavy (non-hydrogen) atoms. The molecule has 2 N–H and O–H groups in total. The minimum Gasteiger partial charge on any atom is -0.403 e. The molecule has 0 aliphatic carbocycles. The average Bonchev–Trinajstić information content (AvgIpc) is 3.23. The maximum absolute atomic E-state index is 12.6. The number of sulfonamides is 1.